The molecule has 1 unspecified atom stereocenters. The molecular weight excluding hydrogens is 388 g/mol. The third-order valence-corrected chi connectivity index (χ3v) is 4.95. The van der Waals surface area contributed by atoms with E-state index in [2.05, 4.69) is 15.5 Å². The Labute approximate surface area is 172 Å². The summed E-state index contributed by atoms with van der Waals surface area (Å²) in [5, 5.41) is 10.4. The van der Waals surface area contributed by atoms with Gasteiger partial charge in [-0.25, -0.2) is 4.79 Å². The van der Waals surface area contributed by atoms with Crippen molar-refractivity contribution in [1.29, 1.82) is 0 Å². The Morgan fingerprint density at radius 2 is 2.10 bits per heavy atom. The molecule has 4 rings (SSSR count). The molecule has 156 valence electrons. The van der Waals surface area contributed by atoms with Crippen molar-refractivity contribution in [3.63, 3.8) is 0 Å². The molecule has 2 aromatic heterocycles. The van der Waals surface area contributed by atoms with Crippen molar-refractivity contribution in [3.8, 4) is 11.4 Å². The summed E-state index contributed by atoms with van der Waals surface area (Å²) in [6, 6.07) is 7.04. The predicted octanol–water partition coefficient (Wildman–Crippen LogP) is 2.68. The van der Waals surface area contributed by atoms with E-state index in [4.69, 9.17) is 13.9 Å². The zero-order chi connectivity index (χ0) is 21.1. The number of carbonyl (C=O) groups is 1. The summed E-state index contributed by atoms with van der Waals surface area (Å²) in [6.45, 7) is 5.15. The summed E-state index contributed by atoms with van der Waals surface area (Å²) < 4.78 is 18.1. The van der Waals surface area contributed by atoms with Gasteiger partial charge in [0.05, 0.1) is 24.6 Å². The second-order valence-electron chi connectivity index (χ2n) is 6.99. The van der Waals surface area contributed by atoms with Gasteiger partial charge in [0.1, 0.15) is 29.7 Å². The van der Waals surface area contributed by atoms with Crippen LogP contribution in [-0.4, -0.2) is 40.5 Å². The number of carbonyl (C=O) groups excluding carboxylic acids is 1. The first kappa shape index (κ1) is 19.8. The number of benzene rings is 1. The maximum Gasteiger partial charge on any atom is 0.349 e. The monoisotopic (exact) mass is 410 g/mol. The highest BCUT2D eigenvalue weighted by Crippen LogP contribution is 2.29. The lowest BCUT2D eigenvalue weighted by Gasteiger charge is -2.14. The van der Waals surface area contributed by atoms with Crippen LogP contribution in [0.1, 0.15) is 40.9 Å². The van der Waals surface area contributed by atoms with E-state index in [1.54, 1.807) is 42.3 Å². The first-order valence-corrected chi connectivity index (χ1v) is 9.72. The Hall–Kier alpha value is -3.46. The molecule has 1 fully saturated rings. The van der Waals surface area contributed by atoms with E-state index in [-0.39, 0.29) is 11.5 Å². The maximum atomic E-state index is 13.0. The molecule has 0 aliphatic carbocycles. The van der Waals surface area contributed by atoms with Crippen molar-refractivity contribution < 1.29 is 18.7 Å². The van der Waals surface area contributed by atoms with Crippen LogP contribution < -0.4 is 15.7 Å². The van der Waals surface area contributed by atoms with E-state index < -0.39 is 11.5 Å². The highest BCUT2D eigenvalue weighted by Gasteiger charge is 2.24. The third-order valence-electron chi connectivity index (χ3n) is 4.95. The number of rotatable bonds is 6. The summed E-state index contributed by atoms with van der Waals surface area (Å²) in [7, 11) is 0. The number of anilines is 1. The van der Waals surface area contributed by atoms with Gasteiger partial charge in [-0.3, -0.25) is 9.36 Å². The topological polar surface area (TPSA) is 108 Å². The number of aryl methyl sites for hydroxylation is 1. The van der Waals surface area contributed by atoms with E-state index in [1.807, 2.05) is 13.0 Å². The summed E-state index contributed by atoms with van der Waals surface area (Å²) in [5.74, 6) is 0.525. The number of ether oxygens (including phenoxy) is 2. The molecule has 0 spiro atoms. The maximum absolute atomic E-state index is 13.0. The minimum atomic E-state index is -0.665. The fourth-order valence-corrected chi connectivity index (χ4v) is 3.44. The third kappa shape index (κ3) is 3.97. The molecule has 9 heteroatoms. The van der Waals surface area contributed by atoms with Gasteiger partial charge in [0, 0.05) is 12.5 Å². The van der Waals surface area contributed by atoms with Crippen molar-refractivity contribution in [1.82, 2.24) is 14.8 Å². The van der Waals surface area contributed by atoms with E-state index in [1.165, 1.54) is 0 Å². The van der Waals surface area contributed by atoms with Crippen molar-refractivity contribution in [2.45, 2.75) is 26.2 Å². The average Bonchev–Trinajstić information content (AvgIpc) is 3.43. The van der Waals surface area contributed by atoms with Gasteiger partial charge in [0.15, 0.2) is 0 Å². The Balaban J connectivity index is 1.64. The van der Waals surface area contributed by atoms with Crippen LogP contribution in [0.3, 0.4) is 0 Å². The van der Waals surface area contributed by atoms with Gasteiger partial charge in [0.2, 0.25) is 0 Å². The van der Waals surface area contributed by atoms with Crippen molar-refractivity contribution >= 4 is 11.6 Å². The van der Waals surface area contributed by atoms with E-state index in [9.17, 15) is 9.59 Å². The molecule has 1 atom stereocenters. The first-order valence-electron chi connectivity index (χ1n) is 9.72. The van der Waals surface area contributed by atoms with Gasteiger partial charge in [0.25, 0.3) is 5.91 Å². The van der Waals surface area contributed by atoms with Crippen LogP contribution in [0.15, 0.2) is 46.1 Å². The molecule has 1 aliphatic heterocycles. The minimum absolute atomic E-state index is 0.0326. The molecule has 0 radical (unpaired) electrons. The largest absolute Gasteiger partial charge is 0.492 e. The van der Waals surface area contributed by atoms with Crippen LogP contribution in [0.4, 0.5) is 5.69 Å². The number of amides is 1. The van der Waals surface area contributed by atoms with Gasteiger partial charge in [-0.15, -0.1) is 10.2 Å². The molecule has 3 heterocycles. The van der Waals surface area contributed by atoms with Crippen molar-refractivity contribution in [2.24, 2.45) is 0 Å². The van der Waals surface area contributed by atoms with Crippen LogP contribution in [0, 0.1) is 6.92 Å². The highest BCUT2D eigenvalue weighted by atomic mass is 16.5. The molecule has 1 N–H and O–H groups in total. The predicted molar refractivity (Wildman–Crippen MR) is 108 cm³/mol. The fourth-order valence-electron chi connectivity index (χ4n) is 3.44. The highest BCUT2D eigenvalue weighted by molar-refractivity contribution is 6.05. The summed E-state index contributed by atoms with van der Waals surface area (Å²) in [5.41, 5.74) is 1.02. The van der Waals surface area contributed by atoms with Crippen LogP contribution in [-0.2, 0) is 4.74 Å². The van der Waals surface area contributed by atoms with Crippen molar-refractivity contribution in [3.05, 3.63) is 64.2 Å². The molecule has 30 heavy (non-hydrogen) atoms. The summed E-state index contributed by atoms with van der Waals surface area (Å²) in [6.07, 6.45) is 3.89. The lowest BCUT2D eigenvalue weighted by molar-refractivity contribution is 0.102. The summed E-state index contributed by atoms with van der Waals surface area (Å²) in [4.78, 5) is 25.6. The molecule has 3 aromatic rings. The van der Waals surface area contributed by atoms with Gasteiger partial charge < -0.3 is 19.2 Å². The molecule has 1 aliphatic rings. The molecule has 1 saturated heterocycles. The molecule has 9 nitrogen and oxygen atoms in total. The standard InChI is InChI=1S/C21H22N4O5/c1-3-29-17-5-4-15(25-11-22-23-12-25)9-16(17)24-20(26)19-13(2)8-18(30-21(19)27)14-6-7-28-10-14/h4-5,8-9,11-12,14H,3,6-7,10H2,1-2H3,(H,24,26). The van der Waals surface area contributed by atoms with Crippen LogP contribution in [0.25, 0.3) is 5.69 Å². The number of nitrogens with one attached hydrogen (secondary N) is 1. The molecule has 0 bridgehead atoms. The van der Waals surface area contributed by atoms with Crippen LogP contribution in [0.2, 0.25) is 0 Å². The van der Waals surface area contributed by atoms with Crippen LogP contribution in [0.5, 0.6) is 5.75 Å². The van der Waals surface area contributed by atoms with E-state index in [0.29, 0.717) is 42.6 Å². The molecule has 0 saturated carbocycles. The first-order chi connectivity index (χ1) is 14.6. The van der Waals surface area contributed by atoms with E-state index >= 15 is 0 Å². The second kappa shape index (κ2) is 8.50. The number of hydrogen-bond donors (Lipinski definition) is 1. The zero-order valence-corrected chi connectivity index (χ0v) is 16.8. The van der Waals surface area contributed by atoms with Crippen LogP contribution >= 0.6 is 0 Å². The normalized spacial score (nSPS) is 15.9. The Bertz CT molecular complexity index is 1100. The van der Waals surface area contributed by atoms with Gasteiger partial charge in [-0.1, -0.05) is 0 Å². The van der Waals surface area contributed by atoms with Gasteiger partial charge >= 0.3 is 5.63 Å². The Morgan fingerprint density at radius 3 is 2.77 bits per heavy atom. The Morgan fingerprint density at radius 1 is 1.30 bits per heavy atom. The summed E-state index contributed by atoms with van der Waals surface area (Å²) >= 11 is 0. The number of hydrogen-bond acceptors (Lipinski definition) is 7. The molecule has 1 aromatic carbocycles. The lowest BCUT2D eigenvalue weighted by atomic mass is 10.0. The lowest BCUT2D eigenvalue weighted by Crippen LogP contribution is -2.24. The second-order valence-corrected chi connectivity index (χ2v) is 6.99. The Kier molecular flexibility index (Phi) is 5.62. The minimum Gasteiger partial charge on any atom is -0.492 e. The fraction of sp³-hybridized carbons (Fsp3) is 0.333. The quantitative estimate of drug-likeness (QED) is 0.665. The SMILES string of the molecule is CCOc1ccc(-n2cnnc2)cc1NC(=O)c1c(C)cc(C2CCOC2)oc1=O. The zero-order valence-electron chi connectivity index (χ0n) is 16.8. The average molecular weight is 410 g/mol. The van der Waals surface area contributed by atoms with Gasteiger partial charge in [-0.2, -0.15) is 0 Å². The van der Waals surface area contributed by atoms with Gasteiger partial charge in [-0.05, 0) is 50.1 Å². The number of aromatic nitrogens is 3. The molecular formula is C21H22N4O5. The smallest absolute Gasteiger partial charge is 0.349 e. The van der Waals surface area contributed by atoms with Crippen molar-refractivity contribution in [2.75, 3.05) is 25.1 Å². The number of nitrogens with zero attached hydrogens (tertiary/aromatic N) is 3. The molecule has 1 amide bonds. The van der Waals surface area contributed by atoms with E-state index in [0.717, 1.165) is 12.1 Å².